The normalized spacial score (nSPS) is 16.0. The van der Waals surface area contributed by atoms with E-state index in [1.807, 2.05) is 4.57 Å². The van der Waals surface area contributed by atoms with E-state index in [4.69, 9.17) is 0 Å². The van der Waals surface area contributed by atoms with Crippen LogP contribution in [0.25, 0.3) is 10.9 Å². The quantitative estimate of drug-likeness (QED) is 0.921. The number of carbonyl (C=O) groups excluding carboxylic acids is 1. The van der Waals surface area contributed by atoms with Gasteiger partial charge in [0.25, 0.3) is 5.91 Å². The van der Waals surface area contributed by atoms with E-state index in [2.05, 4.69) is 0 Å². The van der Waals surface area contributed by atoms with Crippen LogP contribution in [-0.2, 0) is 13.0 Å². The van der Waals surface area contributed by atoms with Gasteiger partial charge in [-0.05, 0) is 43.0 Å². The Hall–Kier alpha value is -1.88. The highest BCUT2D eigenvalue weighted by Crippen LogP contribution is 2.30. The number of hydrogen-bond donors (Lipinski definition) is 1. The number of aliphatic hydroxyl groups excluding tert-OH is 1. The van der Waals surface area contributed by atoms with Gasteiger partial charge in [0.1, 0.15) is 11.5 Å². The lowest BCUT2D eigenvalue weighted by Gasteiger charge is -2.22. The summed E-state index contributed by atoms with van der Waals surface area (Å²) < 4.78 is 15.4. The van der Waals surface area contributed by atoms with E-state index in [0.717, 1.165) is 42.3 Å². The van der Waals surface area contributed by atoms with E-state index in [1.165, 1.54) is 12.1 Å². The topological polar surface area (TPSA) is 45.5 Å². The van der Waals surface area contributed by atoms with Crippen LogP contribution in [0.4, 0.5) is 4.39 Å². The molecule has 1 aromatic carbocycles. The van der Waals surface area contributed by atoms with Crippen molar-refractivity contribution >= 4 is 16.8 Å². The van der Waals surface area contributed by atoms with Crippen molar-refractivity contribution in [3.05, 3.63) is 35.3 Å². The van der Waals surface area contributed by atoms with Gasteiger partial charge in [-0.25, -0.2) is 4.39 Å². The average Bonchev–Trinajstić information content (AvgIpc) is 2.74. The van der Waals surface area contributed by atoms with Crippen molar-refractivity contribution in [3.63, 3.8) is 0 Å². The Bertz CT molecular complexity index is 693. The second kappa shape index (κ2) is 5.48. The van der Waals surface area contributed by atoms with Crippen LogP contribution in [0.2, 0.25) is 0 Å². The number of rotatable bonds is 2. The number of carbonyl (C=O) groups is 1. The van der Waals surface area contributed by atoms with Crippen molar-refractivity contribution in [1.29, 1.82) is 0 Å². The van der Waals surface area contributed by atoms with Crippen LogP contribution < -0.4 is 0 Å². The lowest BCUT2D eigenvalue weighted by atomic mass is 10.0. The molecule has 0 radical (unpaired) electrons. The summed E-state index contributed by atoms with van der Waals surface area (Å²) in [5.74, 6) is -0.343. The largest absolute Gasteiger partial charge is 0.395 e. The fourth-order valence-corrected chi connectivity index (χ4v) is 3.16. The van der Waals surface area contributed by atoms with Crippen LogP contribution in [0.3, 0.4) is 0 Å². The van der Waals surface area contributed by atoms with Crippen molar-refractivity contribution in [2.45, 2.75) is 25.8 Å². The molecule has 0 bridgehead atoms. The molecule has 0 saturated carbocycles. The lowest BCUT2D eigenvalue weighted by Crippen LogP contribution is -2.32. The maximum atomic E-state index is 13.6. The molecule has 4 nitrogen and oxygen atoms in total. The van der Waals surface area contributed by atoms with Gasteiger partial charge in [0.15, 0.2) is 0 Å². The molecule has 0 fully saturated rings. The third-order valence-corrected chi connectivity index (χ3v) is 4.17. The summed E-state index contributed by atoms with van der Waals surface area (Å²) in [5.41, 5.74) is 2.33. The molecule has 3 rings (SSSR count). The number of amides is 1. The fraction of sp³-hybridized carbons (Fsp3) is 0.438. The Kier molecular flexibility index (Phi) is 3.68. The SMILES string of the molecule is CN1CCCCc2c(n(CCO)c3ccc(F)cc23)C1=O. The number of aliphatic hydroxyl groups is 1. The first-order valence-corrected chi connectivity index (χ1v) is 7.30. The van der Waals surface area contributed by atoms with E-state index in [9.17, 15) is 14.3 Å². The Morgan fingerprint density at radius 2 is 2.14 bits per heavy atom. The van der Waals surface area contributed by atoms with Gasteiger partial charge in [0, 0.05) is 31.0 Å². The van der Waals surface area contributed by atoms with Gasteiger partial charge in [-0.15, -0.1) is 0 Å². The fourth-order valence-electron chi connectivity index (χ4n) is 3.16. The first-order valence-electron chi connectivity index (χ1n) is 7.30. The maximum Gasteiger partial charge on any atom is 0.270 e. The zero-order valence-corrected chi connectivity index (χ0v) is 12.1. The van der Waals surface area contributed by atoms with E-state index in [-0.39, 0.29) is 18.3 Å². The van der Waals surface area contributed by atoms with Gasteiger partial charge in [0.2, 0.25) is 0 Å². The molecule has 0 unspecified atom stereocenters. The van der Waals surface area contributed by atoms with Crippen LogP contribution in [0.5, 0.6) is 0 Å². The molecule has 0 spiro atoms. The van der Waals surface area contributed by atoms with Crippen molar-refractivity contribution < 1.29 is 14.3 Å². The molecule has 1 N–H and O–H groups in total. The molecular weight excluding hydrogens is 271 g/mol. The van der Waals surface area contributed by atoms with Gasteiger partial charge >= 0.3 is 0 Å². The molecule has 1 aliphatic heterocycles. The Balaban J connectivity index is 2.31. The zero-order chi connectivity index (χ0) is 15.0. The van der Waals surface area contributed by atoms with Crippen molar-refractivity contribution in [3.8, 4) is 0 Å². The van der Waals surface area contributed by atoms with Crippen LogP contribution in [0.1, 0.15) is 28.9 Å². The van der Waals surface area contributed by atoms with Gasteiger partial charge in [-0.2, -0.15) is 0 Å². The minimum absolute atomic E-state index is 0.0465. The number of fused-ring (bicyclic) bond motifs is 3. The summed E-state index contributed by atoms with van der Waals surface area (Å²) in [5, 5.41) is 10.1. The van der Waals surface area contributed by atoms with E-state index >= 15 is 0 Å². The van der Waals surface area contributed by atoms with Crippen LogP contribution in [0, 0.1) is 5.82 Å². The molecule has 1 aromatic heterocycles. The third-order valence-electron chi connectivity index (χ3n) is 4.17. The second-order valence-corrected chi connectivity index (χ2v) is 5.55. The maximum absolute atomic E-state index is 13.6. The molecule has 0 atom stereocenters. The molecule has 0 aliphatic carbocycles. The predicted octanol–water partition coefficient (Wildman–Crippen LogP) is 2.18. The molecule has 21 heavy (non-hydrogen) atoms. The molecular formula is C16H19FN2O2. The summed E-state index contributed by atoms with van der Waals surface area (Å²) >= 11 is 0. The van der Waals surface area contributed by atoms with E-state index in [1.54, 1.807) is 18.0 Å². The van der Waals surface area contributed by atoms with E-state index < -0.39 is 0 Å². The number of aryl methyl sites for hydroxylation is 1. The van der Waals surface area contributed by atoms with Gasteiger partial charge < -0.3 is 14.6 Å². The summed E-state index contributed by atoms with van der Waals surface area (Å²) in [6.45, 7) is 1.02. The number of halogens is 1. The molecule has 0 saturated heterocycles. The Morgan fingerprint density at radius 1 is 1.33 bits per heavy atom. The number of nitrogens with zero attached hydrogens (tertiary/aromatic N) is 2. The van der Waals surface area contributed by atoms with Crippen LogP contribution in [-0.4, -0.2) is 40.7 Å². The average molecular weight is 290 g/mol. The zero-order valence-electron chi connectivity index (χ0n) is 12.1. The van der Waals surface area contributed by atoms with Crippen molar-refractivity contribution in [1.82, 2.24) is 9.47 Å². The Labute approximate surface area is 122 Å². The van der Waals surface area contributed by atoms with Crippen molar-refractivity contribution in [2.24, 2.45) is 0 Å². The number of benzene rings is 1. The first kappa shape index (κ1) is 14.1. The number of hydrogen-bond acceptors (Lipinski definition) is 2. The van der Waals surface area contributed by atoms with Gasteiger partial charge in [-0.1, -0.05) is 0 Å². The van der Waals surface area contributed by atoms with E-state index in [0.29, 0.717) is 12.2 Å². The lowest BCUT2D eigenvalue weighted by molar-refractivity contribution is 0.0776. The monoisotopic (exact) mass is 290 g/mol. The molecule has 1 amide bonds. The smallest absolute Gasteiger partial charge is 0.270 e. The second-order valence-electron chi connectivity index (χ2n) is 5.55. The summed E-state index contributed by atoms with van der Waals surface area (Å²) in [7, 11) is 1.79. The standard InChI is InChI=1S/C16H19FN2O2/c1-18-7-3-2-4-12-13-10-11(17)5-6-14(13)19(8-9-20)15(12)16(18)21/h5-6,10,20H,2-4,7-9H2,1H3. The van der Waals surface area contributed by atoms with Gasteiger partial charge in [-0.3, -0.25) is 4.79 Å². The van der Waals surface area contributed by atoms with Crippen LogP contribution >= 0.6 is 0 Å². The third kappa shape index (κ3) is 2.31. The highest BCUT2D eigenvalue weighted by atomic mass is 19.1. The molecule has 112 valence electrons. The molecule has 1 aliphatic rings. The molecule has 2 heterocycles. The molecule has 2 aromatic rings. The molecule has 5 heteroatoms. The highest BCUT2D eigenvalue weighted by Gasteiger charge is 2.26. The first-order chi connectivity index (χ1) is 10.1. The highest BCUT2D eigenvalue weighted by molar-refractivity contribution is 6.01. The summed E-state index contributed by atoms with van der Waals surface area (Å²) in [4.78, 5) is 14.4. The summed E-state index contributed by atoms with van der Waals surface area (Å²) in [6, 6.07) is 4.59. The number of aromatic nitrogens is 1. The predicted molar refractivity (Wildman–Crippen MR) is 78.9 cm³/mol. The minimum atomic E-state index is -0.297. The van der Waals surface area contributed by atoms with Gasteiger partial charge in [0.05, 0.1) is 6.61 Å². The minimum Gasteiger partial charge on any atom is -0.395 e. The van der Waals surface area contributed by atoms with Crippen molar-refractivity contribution in [2.75, 3.05) is 20.2 Å². The Morgan fingerprint density at radius 3 is 2.90 bits per heavy atom. The summed E-state index contributed by atoms with van der Waals surface area (Å²) in [6.07, 6.45) is 2.69. The van der Waals surface area contributed by atoms with Crippen LogP contribution in [0.15, 0.2) is 18.2 Å².